The summed E-state index contributed by atoms with van der Waals surface area (Å²) in [5, 5.41) is 10.3. The second kappa shape index (κ2) is 12.7. The van der Waals surface area contributed by atoms with E-state index in [4.69, 9.17) is 0 Å². The molecule has 0 nitrogen and oxygen atoms in total. The first kappa shape index (κ1) is 30.3. The zero-order chi connectivity index (χ0) is 34.4. The fraction of sp³-hybridized carbons (Fsp3) is 0.0385. The molecule has 0 saturated carbocycles. The first-order valence-corrected chi connectivity index (χ1v) is 18.3. The van der Waals surface area contributed by atoms with Gasteiger partial charge in [-0.15, -0.1) is 0 Å². The van der Waals surface area contributed by atoms with Gasteiger partial charge in [0.2, 0.25) is 0 Å². The van der Waals surface area contributed by atoms with Crippen molar-refractivity contribution in [1.29, 1.82) is 0 Å². The monoisotopic (exact) mass is 660 g/mol. The average Bonchev–Trinajstić information content (AvgIpc) is 3.22. The molecule has 9 aromatic rings. The highest BCUT2D eigenvalue weighted by atomic mass is 14.3. The zero-order valence-electron chi connectivity index (χ0n) is 28.8. The van der Waals surface area contributed by atoms with Crippen LogP contribution in [-0.4, -0.2) is 0 Å². The van der Waals surface area contributed by atoms with Gasteiger partial charge in [0, 0.05) is 5.92 Å². The molecule has 0 aliphatic heterocycles. The van der Waals surface area contributed by atoms with Crippen LogP contribution in [0.1, 0.15) is 29.0 Å². The maximum Gasteiger partial charge on any atom is 0.00739 e. The van der Waals surface area contributed by atoms with Gasteiger partial charge in [-0.3, -0.25) is 0 Å². The van der Waals surface area contributed by atoms with E-state index < -0.39 is 0 Å². The molecule has 0 amide bonds. The molecule has 1 aliphatic rings. The SMILES string of the molecule is C1=C(c2ccccc2)CC(c2ccc(-c3ccccc3)c3ccccc23)C=C1c1c2ccccc2c(-c2ccc3ccccc3c2)c2ccccc12. The van der Waals surface area contributed by atoms with Crippen LogP contribution in [-0.2, 0) is 0 Å². The van der Waals surface area contributed by atoms with Crippen LogP contribution in [0.25, 0.3) is 76.5 Å². The van der Waals surface area contributed by atoms with E-state index in [1.807, 2.05) is 0 Å². The second-order valence-electron chi connectivity index (χ2n) is 14.0. The number of hydrogen-bond acceptors (Lipinski definition) is 0. The average molecular weight is 661 g/mol. The normalized spacial score (nSPS) is 14.5. The van der Waals surface area contributed by atoms with E-state index in [-0.39, 0.29) is 5.92 Å². The summed E-state index contributed by atoms with van der Waals surface area (Å²) in [4.78, 5) is 0. The predicted molar refractivity (Wildman–Crippen MR) is 224 cm³/mol. The summed E-state index contributed by atoms with van der Waals surface area (Å²) in [5.74, 6) is 0.197. The molecule has 10 rings (SSSR count). The number of hydrogen-bond donors (Lipinski definition) is 0. The lowest BCUT2D eigenvalue weighted by molar-refractivity contribution is 0.880. The summed E-state index contributed by atoms with van der Waals surface area (Å²) in [7, 11) is 0. The lowest BCUT2D eigenvalue weighted by Crippen LogP contribution is -2.05. The van der Waals surface area contributed by atoms with Gasteiger partial charge >= 0.3 is 0 Å². The maximum atomic E-state index is 2.56. The summed E-state index contributed by atoms with van der Waals surface area (Å²) in [6.45, 7) is 0. The van der Waals surface area contributed by atoms with Crippen molar-refractivity contribution in [1.82, 2.24) is 0 Å². The quantitative estimate of drug-likeness (QED) is 0.161. The summed E-state index contributed by atoms with van der Waals surface area (Å²) < 4.78 is 0. The van der Waals surface area contributed by atoms with E-state index in [1.165, 1.54) is 93.2 Å². The Balaban J connectivity index is 1.23. The largest absolute Gasteiger partial charge is 0.0687 e. The Hall–Kier alpha value is -6.50. The third kappa shape index (κ3) is 5.15. The van der Waals surface area contributed by atoms with Gasteiger partial charge in [0.15, 0.2) is 0 Å². The van der Waals surface area contributed by atoms with Crippen LogP contribution >= 0.6 is 0 Å². The van der Waals surface area contributed by atoms with Gasteiger partial charge in [-0.2, -0.15) is 0 Å². The minimum absolute atomic E-state index is 0.197. The van der Waals surface area contributed by atoms with Gasteiger partial charge in [-0.1, -0.05) is 194 Å². The van der Waals surface area contributed by atoms with E-state index in [9.17, 15) is 0 Å². The van der Waals surface area contributed by atoms with Crippen molar-refractivity contribution >= 4 is 54.2 Å². The van der Waals surface area contributed by atoms with E-state index in [0.717, 1.165) is 6.42 Å². The van der Waals surface area contributed by atoms with Crippen molar-refractivity contribution in [2.75, 3.05) is 0 Å². The second-order valence-corrected chi connectivity index (χ2v) is 14.0. The molecule has 0 saturated heterocycles. The molecule has 244 valence electrons. The highest BCUT2D eigenvalue weighted by molar-refractivity contribution is 6.20. The van der Waals surface area contributed by atoms with Gasteiger partial charge < -0.3 is 0 Å². The van der Waals surface area contributed by atoms with Crippen molar-refractivity contribution in [3.63, 3.8) is 0 Å². The van der Waals surface area contributed by atoms with Crippen LogP contribution in [0.5, 0.6) is 0 Å². The molecule has 0 bridgehead atoms. The molecular formula is C52H36. The van der Waals surface area contributed by atoms with Crippen molar-refractivity contribution in [2.24, 2.45) is 0 Å². The number of benzene rings is 9. The van der Waals surface area contributed by atoms with Gasteiger partial charge in [0.25, 0.3) is 0 Å². The Bertz CT molecular complexity index is 2800. The molecule has 0 spiro atoms. The molecule has 0 fully saturated rings. The van der Waals surface area contributed by atoms with Gasteiger partial charge in [-0.25, -0.2) is 0 Å². The van der Waals surface area contributed by atoms with Gasteiger partial charge in [0.05, 0.1) is 0 Å². The smallest absolute Gasteiger partial charge is 0.00739 e. The zero-order valence-corrected chi connectivity index (χ0v) is 28.8. The first-order valence-electron chi connectivity index (χ1n) is 18.3. The number of allylic oxidation sites excluding steroid dienone is 4. The predicted octanol–water partition coefficient (Wildman–Crippen LogP) is 14.3. The third-order valence-electron chi connectivity index (χ3n) is 11.0. The molecule has 1 atom stereocenters. The standard InChI is InChI=1S/C52H36/c1-3-15-35(16-4-1)40-32-41(44-30-29-43(37-18-5-2-6-19-37)45-21-9-10-22-46(44)45)34-42(33-40)52-49-25-13-11-23-47(49)51(48-24-12-14-26-50(48)52)39-28-27-36-17-7-8-20-38(36)31-39/h1-31,33-34,41H,32H2. The Labute approximate surface area is 304 Å². The molecule has 0 aromatic heterocycles. The topological polar surface area (TPSA) is 0 Å². The molecule has 52 heavy (non-hydrogen) atoms. The van der Waals surface area contributed by atoms with Crippen LogP contribution in [0.4, 0.5) is 0 Å². The van der Waals surface area contributed by atoms with Crippen molar-refractivity contribution in [3.05, 3.63) is 217 Å². The van der Waals surface area contributed by atoms with Gasteiger partial charge in [-0.05, 0) is 106 Å². The Morgan fingerprint density at radius 3 is 1.58 bits per heavy atom. The Morgan fingerprint density at radius 1 is 0.365 bits per heavy atom. The molecule has 0 heterocycles. The summed E-state index contributed by atoms with van der Waals surface area (Å²) in [5.41, 5.74) is 11.7. The fourth-order valence-electron chi connectivity index (χ4n) is 8.63. The molecule has 1 unspecified atom stereocenters. The van der Waals surface area contributed by atoms with Crippen LogP contribution < -0.4 is 0 Å². The van der Waals surface area contributed by atoms with Crippen molar-refractivity contribution < 1.29 is 0 Å². The van der Waals surface area contributed by atoms with Gasteiger partial charge in [0.1, 0.15) is 0 Å². The molecule has 0 heteroatoms. The minimum atomic E-state index is 0.197. The van der Waals surface area contributed by atoms with Crippen molar-refractivity contribution in [2.45, 2.75) is 12.3 Å². The first-order chi connectivity index (χ1) is 25.8. The van der Waals surface area contributed by atoms with Crippen LogP contribution in [0.15, 0.2) is 200 Å². The van der Waals surface area contributed by atoms with E-state index >= 15 is 0 Å². The minimum Gasteiger partial charge on any atom is -0.0687 e. The Kier molecular flexibility index (Phi) is 7.40. The van der Waals surface area contributed by atoms with E-state index in [1.54, 1.807) is 0 Å². The summed E-state index contributed by atoms with van der Waals surface area (Å²) >= 11 is 0. The molecule has 0 radical (unpaired) electrons. The molecule has 0 N–H and O–H groups in total. The highest BCUT2D eigenvalue weighted by Gasteiger charge is 2.24. The molecule has 9 aromatic carbocycles. The molecular weight excluding hydrogens is 625 g/mol. The van der Waals surface area contributed by atoms with E-state index in [2.05, 4.69) is 200 Å². The Morgan fingerprint density at radius 2 is 0.904 bits per heavy atom. The van der Waals surface area contributed by atoms with Crippen LogP contribution in [0, 0.1) is 0 Å². The number of rotatable bonds is 5. The van der Waals surface area contributed by atoms with Crippen molar-refractivity contribution in [3.8, 4) is 22.3 Å². The summed E-state index contributed by atoms with van der Waals surface area (Å²) in [6, 6.07) is 69.1. The van der Waals surface area contributed by atoms with Crippen LogP contribution in [0.2, 0.25) is 0 Å². The lowest BCUT2D eigenvalue weighted by Gasteiger charge is -2.26. The number of fused-ring (bicyclic) bond motifs is 4. The maximum absolute atomic E-state index is 2.56. The third-order valence-corrected chi connectivity index (χ3v) is 11.0. The lowest BCUT2D eigenvalue weighted by atomic mass is 9.77. The van der Waals surface area contributed by atoms with Crippen LogP contribution in [0.3, 0.4) is 0 Å². The highest BCUT2D eigenvalue weighted by Crippen LogP contribution is 2.47. The molecule has 1 aliphatic carbocycles. The fourth-order valence-corrected chi connectivity index (χ4v) is 8.63. The summed E-state index contributed by atoms with van der Waals surface area (Å²) in [6.07, 6.45) is 5.96. The van der Waals surface area contributed by atoms with E-state index in [0.29, 0.717) is 0 Å².